The SMILES string of the molecule is COc1ccc(-c2nnc(C(C)C)o2)nc1. The van der Waals surface area contributed by atoms with E-state index in [9.17, 15) is 0 Å². The van der Waals surface area contributed by atoms with E-state index in [1.807, 2.05) is 19.9 Å². The van der Waals surface area contributed by atoms with Gasteiger partial charge >= 0.3 is 0 Å². The Kier molecular flexibility index (Phi) is 2.85. The molecule has 2 aromatic heterocycles. The van der Waals surface area contributed by atoms with Crippen molar-refractivity contribution in [2.24, 2.45) is 0 Å². The number of ether oxygens (including phenoxy) is 1. The van der Waals surface area contributed by atoms with E-state index >= 15 is 0 Å². The number of methoxy groups -OCH3 is 1. The number of aromatic nitrogens is 3. The molecule has 0 saturated heterocycles. The van der Waals surface area contributed by atoms with Crippen LogP contribution in [0.5, 0.6) is 5.75 Å². The molecule has 0 atom stereocenters. The molecule has 2 aromatic rings. The zero-order chi connectivity index (χ0) is 11.5. The summed E-state index contributed by atoms with van der Waals surface area (Å²) in [5.74, 6) is 1.98. The van der Waals surface area contributed by atoms with Gasteiger partial charge in [-0.25, -0.2) is 4.98 Å². The first-order valence-corrected chi connectivity index (χ1v) is 5.04. The van der Waals surface area contributed by atoms with Crippen LogP contribution < -0.4 is 4.74 Å². The van der Waals surface area contributed by atoms with Crippen molar-refractivity contribution >= 4 is 0 Å². The van der Waals surface area contributed by atoms with Crippen molar-refractivity contribution < 1.29 is 9.15 Å². The Bertz CT molecular complexity index is 462. The second-order valence-corrected chi connectivity index (χ2v) is 3.68. The molecule has 0 N–H and O–H groups in total. The maximum Gasteiger partial charge on any atom is 0.266 e. The molecule has 0 spiro atoms. The van der Waals surface area contributed by atoms with Crippen molar-refractivity contribution in [1.82, 2.24) is 15.2 Å². The van der Waals surface area contributed by atoms with Gasteiger partial charge in [0.25, 0.3) is 5.89 Å². The molecule has 0 aliphatic carbocycles. The maximum atomic E-state index is 5.48. The van der Waals surface area contributed by atoms with E-state index in [-0.39, 0.29) is 5.92 Å². The summed E-state index contributed by atoms with van der Waals surface area (Å²) in [7, 11) is 1.60. The lowest BCUT2D eigenvalue weighted by atomic mass is 10.2. The van der Waals surface area contributed by atoms with E-state index in [0.717, 1.165) is 0 Å². The van der Waals surface area contributed by atoms with Gasteiger partial charge in [-0.2, -0.15) is 0 Å². The summed E-state index contributed by atoms with van der Waals surface area (Å²) in [6, 6.07) is 3.60. The van der Waals surface area contributed by atoms with E-state index < -0.39 is 0 Å². The Morgan fingerprint density at radius 3 is 2.56 bits per heavy atom. The minimum Gasteiger partial charge on any atom is -0.495 e. The number of hydrogen-bond acceptors (Lipinski definition) is 5. The third-order valence-electron chi connectivity index (χ3n) is 2.13. The van der Waals surface area contributed by atoms with Crippen LogP contribution in [0.15, 0.2) is 22.7 Å². The van der Waals surface area contributed by atoms with E-state index in [4.69, 9.17) is 9.15 Å². The van der Waals surface area contributed by atoms with Crippen LogP contribution in [-0.4, -0.2) is 22.3 Å². The van der Waals surface area contributed by atoms with Crippen LogP contribution in [-0.2, 0) is 0 Å². The van der Waals surface area contributed by atoms with Crippen molar-refractivity contribution in [1.29, 1.82) is 0 Å². The van der Waals surface area contributed by atoms with E-state index in [1.165, 1.54) is 0 Å². The minimum absolute atomic E-state index is 0.222. The highest BCUT2D eigenvalue weighted by molar-refractivity contribution is 5.46. The van der Waals surface area contributed by atoms with Gasteiger partial charge in [-0.1, -0.05) is 13.8 Å². The summed E-state index contributed by atoms with van der Waals surface area (Å²) in [6.07, 6.45) is 1.62. The molecule has 0 aliphatic heterocycles. The van der Waals surface area contributed by atoms with Gasteiger partial charge in [-0.15, -0.1) is 10.2 Å². The maximum absolute atomic E-state index is 5.48. The summed E-state index contributed by atoms with van der Waals surface area (Å²) >= 11 is 0. The third-order valence-corrected chi connectivity index (χ3v) is 2.13. The van der Waals surface area contributed by atoms with Crippen LogP contribution in [0.1, 0.15) is 25.7 Å². The highest BCUT2D eigenvalue weighted by Gasteiger charge is 2.11. The molecule has 5 nitrogen and oxygen atoms in total. The van der Waals surface area contributed by atoms with Crippen molar-refractivity contribution in [3.63, 3.8) is 0 Å². The molecule has 0 fully saturated rings. The van der Waals surface area contributed by atoms with Gasteiger partial charge in [-0.3, -0.25) is 0 Å². The highest BCUT2D eigenvalue weighted by atomic mass is 16.5. The minimum atomic E-state index is 0.222. The first-order chi connectivity index (χ1) is 7.70. The summed E-state index contributed by atoms with van der Waals surface area (Å²) in [6.45, 7) is 4.00. The molecule has 2 rings (SSSR count). The average Bonchev–Trinajstić information content (AvgIpc) is 2.78. The Labute approximate surface area is 93.5 Å². The van der Waals surface area contributed by atoms with E-state index in [2.05, 4.69) is 15.2 Å². The Morgan fingerprint density at radius 2 is 2.06 bits per heavy atom. The Hall–Kier alpha value is -1.91. The molecule has 0 amide bonds. The number of nitrogens with zero attached hydrogens (tertiary/aromatic N) is 3. The fourth-order valence-electron chi connectivity index (χ4n) is 1.20. The fourth-order valence-corrected chi connectivity index (χ4v) is 1.20. The van der Waals surface area contributed by atoms with Crippen LogP contribution in [0, 0.1) is 0 Å². The van der Waals surface area contributed by atoms with Gasteiger partial charge in [-0.05, 0) is 12.1 Å². The molecule has 0 aromatic carbocycles. The van der Waals surface area contributed by atoms with Crippen molar-refractivity contribution in [3.8, 4) is 17.3 Å². The predicted molar refractivity (Wildman–Crippen MR) is 58.2 cm³/mol. The highest BCUT2D eigenvalue weighted by Crippen LogP contribution is 2.20. The number of hydrogen-bond donors (Lipinski definition) is 0. The average molecular weight is 219 g/mol. The second kappa shape index (κ2) is 4.30. The molecule has 0 saturated carbocycles. The molecule has 84 valence electrons. The lowest BCUT2D eigenvalue weighted by Crippen LogP contribution is -1.86. The van der Waals surface area contributed by atoms with Crippen LogP contribution in [0.3, 0.4) is 0 Å². The molecule has 0 bridgehead atoms. The first kappa shape index (κ1) is 10.6. The smallest absolute Gasteiger partial charge is 0.266 e. The quantitative estimate of drug-likeness (QED) is 0.792. The summed E-state index contributed by atoms with van der Waals surface area (Å²) in [5.41, 5.74) is 0.653. The van der Waals surface area contributed by atoms with Crippen molar-refractivity contribution in [2.45, 2.75) is 19.8 Å². The first-order valence-electron chi connectivity index (χ1n) is 5.04. The summed E-state index contributed by atoms with van der Waals surface area (Å²) < 4.78 is 10.5. The molecular weight excluding hydrogens is 206 g/mol. The molecule has 0 aliphatic rings. The van der Waals surface area contributed by atoms with Gasteiger partial charge in [0.2, 0.25) is 5.89 Å². The zero-order valence-corrected chi connectivity index (χ0v) is 9.47. The van der Waals surface area contributed by atoms with E-state index in [1.54, 1.807) is 19.4 Å². The molecule has 0 unspecified atom stereocenters. The van der Waals surface area contributed by atoms with Gasteiger partial charge < -0.3 is 9.15 Å². The van der Waals surface area contributed by atoms with Crippen LogP contribution >= 0.6 is 0 Å². The third kappa shape index (κ3) is 2.03. The normalized spacial score (nSPS) is 10.8. The van der Waals surface area contributed by atoms with Crippen molar-refractivity contribution in [2.75, 3.05) is 7.11 Å². The molecule has 16 heavy (non-hydrogen) atoms. The molecule has 5 heteroatoms. The summed E-state index contributed by atoms with van der Waals surface area (Å²) in [4.78, 5) is 4.17. The lowest BCUT2D eigenvalue weighted by molar-refractivity contribution is 0.413. The number of rotatable bonds is 3. The lowest BCUT2D eigenvalue weighted by Gasteiger charge is -1.98. The Balaban J connectivity index is 2.28. The standard InChI is InChI=1S/C11H13N3O2/c1-7(2)10-13-14-11(16-10)9-5-4-8(15-3)6-12-9/h4-7H,1-3H3. The van der Waals surface area contributed by atoms with Crippen molar-refractivity contribution in [3.05, 3.63) is 24.2 Å². The van der Waals surface area contributed by atoms with Gasteiger partial charge in [0, 0.05) is 5.92 Å². The van der Waals surface area contributed by atoms with E-state index in [0.29, 0.717) is 23.2 Å². The molecule has 2 heterocycles. The van der Waals surface area contributed by atoms with Gasteiger partial charge in [0.15, 0.2) is 0 Å². The number of pyridine rings is 1. The largest absolute Gasteiger partial charge is 0.495 e. The van der Waals surface area contributed by atoms with Crippen LogP contribution in [0.2, 0.25) is 0 Å². The predicted octanol–water partition coefficient (Wildman–Crippen LogP) is 2.26. The zero-order valence-electron chi connectivity index (χ0n) is 9.47. The topological polar surface area (TPSA) is 61.0 Å². The fraction of sp³-hybridized carbons (Fsp3) is 0.364. The van der Waals surface area contributed by atoms with Crippen LogP contribution in [0.4, 0.5) is 0 Å². The second-order valence-electron chi connectivity index (χ2n) is 3.68. The van der Waals surface area contributed by atoms with Gasteiger partial charge in [0.1, 0.15) is 11.4 Å². The molecular formula is C11H13N3O2. The Morgan fingerprint density at radius 1 is 1.25 bits per heavy atom. The molecule has 0 radical (unpaired) electrons. The summed E-state index contributed by atoms with van der Waals surface area (Å²) in [5, 5.41) is 7.89. The van der Waals surface area contributed by atoms with Gasteiger partial charge in [0.05, 0.1) is 13.3 Å². The monoisotopic (exact) mass is 219 g/mol. The van der Waals surface area contributed by atoms with Crippen LogP contribution in [0.25, 0.3) is 11.6 Å².